The van der Waals surface area contributed by atoms with Crippen LogP contribution in [0.2, 0.25) is 0 Å². The van der Waals surface area contributed by atoms with Crippen molar-refractivity contribution in [3.63, 3.8) is 0 Å². The van der Waals surface area contributed by atoms with Crippen LogP contribution in [0, 0.1) is 29.1 Å². The van der Waals surface area contributed by atoms with Crippen LogP contribution in [0.1, 0.15) is 32.1 Å². The number of thiocarbonyl (C=S) groups is 1. The molecule has 116 valence electrons. The lowest BCUT2D eigenvalue weighted by Crippen LogP contribution is -2.39. The van der Waals surface area contributed by atoms with Crippen molar-refractivity contribution < 1.29 is 22.0 Å². The Hall–Kier alpha value is -1.44. The average Bonchev–Trinajstić information content (AvgIpc) is 2.48. The molecule has 0 atom stereocenters. The number of hydrogen-bond donors (Lipinski definition) is 2. The Morgan fingerprint density at radius 2 is 1.29 bits per heavy atom. The van der Waals surface area contributed by atoms with E-state index in [4.69, 9.17) is 12.2 Å². The summed E-state index contributed by atoms with van der Waals surface area (Å²) < 4.78 is 65.9. The Kier molecular flexibility index (Phi) is 4.97. The minimum absolute atomic E-state index is 0.0417. The largest absolute Gasteiger partial charge is 0.360 e. The molecule has 1 saturated carbocycles. The van der Waals surface area contributed by atoms with E-state index in [-0.39, 0.29) is 11.2 Å². The zero-order valence-corrected chi connectivity index (χ0v) is 11.7. The van der Waals surface area contributed by atoms with E-state index in [1.807, 2.05) is 0 Å². The Morgan fingerprint density at radius 1 is 0.810 bits per heavy atom. The van der Waals surface area contributed by atoms with E-state index in [9.17, 15) is 22.0 Å². The van der Waals surface area contributed by atoms with Gasteiger partial charge in [0.2, 0.25) is 5.82 Å². The quantitative estimate of drug-likeness (QED) is 0.372. The van der Waals surface area contributed by atoms with Gasteiger partial charge in [-0.05, 0) is 25.1 Å². The fraction of sp³-hybridized carbons (Fsp3) is 0.462. The molecular weight excluding hydrogens is 311 g/mol. The van der Waals surface area contributed by atoms with E-state index < -0.39 is 34.8 Å². The van der Waals surface area contributed by atoms with Crippen LogP contribution in [0.15, 0.2) is 0 Å². The van der Waals surface area contributed by atoms with Crippen LogP contribution in [-0.2, 0) is 0 Å². The lowest BCUT2D eigenvalue weighted by Gasteiger charge is -2.24. The molecule has 8 heteroatoms. The van der Waals surface area contributed by atoms with E-state index in [1.165, 1.54) is 0 Å². The minimum atomic E-state index is -2.19. The van der Waals surface area contributed by atoms with E-state index >= 15 is 0 Å². The van der Waals surface area contributed by atoms with Crippen molar-refractivity contribution in [1.29, 1.82) is 0 Å². The first kappa shape index (κ1) is 15.9. The molecule has 0 radical (unpaired) electrons. The highest BCUT2D eigenvalue weighted by molar-refractivity contribution is 7.80. The summed E-state index contributed by atoms with van der Waals surface area (Å²) >= 11 is 4.86. The van der Waals surface area contributed by atoms with Crippen LogP contribution in [-0.4, -0.2) is 11.2 Å². The van der Waals surface area contributed by atoms with Crippen molar-refractivity contribution >= 4 is 23.0 Å². The third-order valence-corrected chi connectivity index (χ3v) is 3.61. The number of hydrogen-bond acceptors (Lipinski definition) is 1. The maximum atomic E-state index is 13.5. The molecule has 2 rings (SSSR count). The highest BCUT2D eigenvalue weighted by atomic mass is 32.1. The maximum absolute atomic E-state index is 13.5. The molecule has 0 amide bonds. The highest BCUT2D eigenvalue weighted by Gasteiger charge is 2.26. The van der Waals surface area contributed by atoms with Crippen LogP contribution in [0.5, 0.6) is 0 Å². The number of rotatable bonds is 2. The first-order chi connectivity index (χ1) is 9.91. The van der Waals surface area contributed by atoms with Gasteiger partial charge in [0.1, 0.15) is 5.69 Å². The normalized spacial score (nSPS) is 15.9. The first-order valence-electron chi connectivity index (χ1n) is 6.50. The number of halogens is 5. The SMILES string of the molecule is Fc1c(F)c(F)c(NC(=S)NC2CCCCC2)c(F)c1F. The molecule has 0 heterocycles. The third kappa shape index (κ3) is 3.42. The van der Waals surface area contributed by atoms with E-state index in [0.29, 0.717) is 0 Å². The minimum Gasteiger partial charge on any atom is -0.360 e. The van der Waals surface area contributed by atoms with Gasteiger partial charge in [-0.25, -0.2) is 22.0 Å². The van der Waals surface area contributed by atoms with Crippen LogP contribution >= 0.6 is 12.2 Å². The van der Waals surface area contributed by atoms with Gasteiger partial charge < -0.3 is 10.6 Å². The first-order valence-corrected chi connectivity index (χ1v) is 6.91. The summed E-state index contributed by atoms with van der Waals surface area (Å²) in [6.45, 7) is 0. The van der Waals surface area contributed by atoms with Gasteiger partial charge in [0.15, 0.2) is 28.4 Å². The number of nitrogens with one attached hydrogen (secondary N) is 2. The number of anilines is 1. The molecular formula is C13H13F5N2S. The standard InChI is InChI=1S/C13H13F5N2S/c14-7-8(15)10(17)12(11(18)9(7)16)20-13(21)19-6-4-2-1-3-5-6/h6H,1-5H2,(H2,19,20,21). The number of benzene rings is 1. The fourth-order valence-electron chi connectivity index (χ4n) is 2.30. The summed E-state index contributed by atoms with van der Waals surface area (Å²) in [5.41, 5.74) is -1.14. The zero-order chi connectivity index (χ0) is 15.6. The lowest BCUT2D eigenvalue weighted by molar-refractivity contribution is 0.382. The molecule has 1 aliphatic rings. The van der Waals surface area contributed by atoms with Crippen molar-refractivity contribution in [3.05, 3.63) is 29.1 Å². The van der Waals surface area contributed by atoms with Gasteiger partial charge in [-0.3, -0.25) is 0 Å². The van der Waals surface area contributed by atoms with Gasteiger partial charge in [0.25, 0.3) is 0 Å². The molecule has 1 aromatic carbocycles. The molecule has 0 aliphatic heterocycles. The van der Waals surface area contributed by atoms with Crippen molar-refractivity contribution in [3.8, 4) is 0 Å². The molecule has 21 heavy (non-hydrogen) atoms. The Labute approximate surface area is 123 Å². The Balaban J connectivity index is 2.13. The second kappa shape index (κ2) is 6.55. The van der Waals surface area contributed by atoms with Crippen LogP contribution < -0.4 is 10.6 Å². The molecule has 2 nitrogen and oxygen atoms in total. The average molecular weight is 324 g/mol. The topological polar surface area (TPSA) is 24.1 Å². The second-order valence-electron chi connectivity index (χ2n) is 4.88. The summed E-state index contributed by atoms with van der Waals surface area (Å²) in [5, 5.41) is 4.72. The lowest BCUT2D eigenvalue weighted by atomic mass is 9.96. The molecule has 1 aliphatic carbocycles. The third-order valence-electron chi connectivity index (χ3n) is 3.39. The van der Waals surface area contributed by atoms with Crippen LogP contribution in [0.4, 0.5) is 27.6 Å². The second-order valence-corrected chi connectivity index (χ2v) is 5.29. The summed E-state index contributed by atoms with van der Waals surface area (Å²) in [5.74, 6) is -10.1. The Bertz CT molecular complexity index is 529. The fourth-order valence-corrected chi connectivity index (χ4v) is 2.57. The van der Waals surface area contributed by atoms with Crippen molar-refractivity contribution in [1.82, 2.24) is 5.32 Å². The van der Waals surface area contributed by atoms with Crippen molar-refractivity contribution in [2.24, 2.45) is 0 Å². The Morgan fingerprint density at radius 3 is 1.81 bits per heavy atom. The molecule has 0 bridgehead atoms. The highest BCUT2D eigenvalue weighted by Crippen LogP contribution is 2.27. The summed E-state index contributed by atoms with van der Waals surface area (Å²) in [6, 6.07) is 0.0417. The summed E-state index contributed by atoms with van der Waals surface area (Å²) in [6.07, 6.45) is 4.81. The molecule has 0 saturated heterocycles. The monoisotopic (exact) mass is 324 g/mol. The van der Waals surface area contributed by atoms with Gasteiger partial charge in [-0.1, -0.05) is 19.3 Å². The van der Waals surface area contributed by atoms with Gasteiger partial charge in [-0.15, -0.1) is 0 Å². The van der Waals surface area contributed by atoms with Crippen LogP contribution in [0.25, 0.3) is 0 Å². The van der Waals surface area contributed by atoms with Gasteiger partial charge in [0, 0.05) is 6.04 Å². The zero-order valence-electron chi connectivity index (χ0n) is 10.9. The predicted molar refractivity (Wildman–Crippen MR) is 72.5 cm³/mol. The molecule has 0 unspecified atom stereocenters. The van der Waals surface area contributed by atoms with Crippen molar-refractivity contribution in [2.45, 2.75) is 38.1 Å². The molecule has 0 aromatic heterocycles. The summed E-state index contributed by atoms with van der Waals surface area (Å²) in [7, 11) is 0. The molecule has 1 fully saturated rings. The van der Waals surface area contributed by atoms with Gasteiger partial charge in [-0.2, -0.15) is 0 Å². The predicted octanol–water partition coefficient (Wildman–Crippen LogP) is 4.00. The van der Waals surface area contributed by atoms with Gasteiger partial charge in [0.05, 0.1) is 0 Å². The maximum Gasteiger partial charge on any atom is 0.200 e. The summed E-state index contributed by atoms with van der Waals surface area (Å²) in [4.78, 5) is 0. The molecule has 2 N–H and O–H groups in total. The van der Waals surface area contributed by atoms with E-state index in [1.54, 1.807) is 0 Å². The van der Waals surface area contributed by atoms with E-state index in [2.05, 4.69) is 10.6 Å². The van der Waals surface area contributed by atoms with E-state index in [0.717, 1.165) is 32.1 Å². The van der Waals surface area contributed by atoms with Crippen LogP contribution in [0.3, 0.4) is 0 Å². The van der Waals surface area contributed by atoms with Crippen molar-refractivity contribution in [2.75, 3.05) is 5.32 Å². The van der Waals surface area contributed by atoms with Gasteiger partial charge >= 0.3 is 0 Å². The molecule has 1 aromatic rings. The molecule has 0 spiro atoms. The smallest absolute Gasteiger partial charge is 0.200 e.